The molecule has 2 nitrogen and oxygen atoms in total. The molecule has 4 heteroatoms. The quantitative estimate of drug-likeness (QED) is 0.613. The molecule has 0 aliphatic carbocycles. The fraction of sp³-hybridized carbons (Fsp3) is 0.235. The molecule has 0 spiro atoms. The van der Waals surface area contributed by atoms with Crippen molar-refractivity contribution in [1.29, 1.82) is 0 Å². The number of nitrogens with one attached hydrogen (secondary N) is 1. The van der Waals surface area contributed by atoms with Crippen LogP contribution >= 0.6 is 23.2 Å². The van der Waals surface area contributed by atoms with E-state index in [4.69, 9.17) is 23.2 Å². The van der Waals surface area contributed by atoms with Gasteiger partial charge in [0.1, 0.15) is 0 Å². The molecule has 0 aromatic heterocycles. The van der Waals surface area contributed by atoms with Crippen molar-refractivity contribution < 1.29 is 0 Å². The summed E-state index contributed by atoms with van der Waals surface area (Å²) in [6.45, 7) is 6.65. The fourth-order valence-electron chi connectivity index (χ4n) is 2.12. The average molecular weight is 321 g/mol. The van der Waals surface area contributed by atoms with Gasteiger partial charge >= 0.3 is 0 Å². The Balaban J connectivity index is 2.12. The van der Waals surface area contributed by atoms with Gasteiger partial charge in [-0.3, -0.25) is 0 Å². The van der Waals surface area contributed by atoms with Crippen molar-refractivity contribution in [1.82, 2.24) is 5.43 Å². The zero-order valence-electron chi connectivity index (χ0n) is 12.4. The van der Waals surface area contributed by atoms with Crippen molar-refractivity contribution in [2.45, 2.75) is 27.3 Å². The van der Waals surface area contributed by atoms with E-state index in [0.29, 0.717) is 16.6 Å². The molecule has 0 amide bonds. The van der Waals surface area contributed by atoms with E-state index in [1.165, 1.54) is 11.1 Å². The second-order valence-corrected chi connectivity index (χ2v) is 5.87. The zero-order chi connectivity index (χ0) is 15.4. The molecule has 0 heterocycles. The highest BCUT2D eigenvalue weighted by Crippen LogP contribution is 2.23. The van der Waals surface area contributed by atoms with Gasteiger partial charge in [0.15, 0.2) is 0 Å². The third-order valence-corrected chi connectivity index (χ3v) is 4.06. The van der Waals surface area contributed by atoms with Crippen molar-refractivity contribution in [3.05, 3.63) is 68.7 Å². The maximum absolute atomic E-state index is 6.13. The number of nitrogens with zero attached hydrogens (tertiary/aromatic N) is 1. The molecule has 21 heavy (non-hydrogen) atoms. The highest BCUT2D eigenvalue weighted by Gasteiger charge is 2.05. The Morgan fingerprint density at radius 1 is 1.10 bits per heavy atom. The largest absolute Gasteiger partial charge is 0.305 e. The minimum Gasteiger partial charge on any atom is -0.305 e. The summed E-state index contributed by atoms with van der Waals surface area (Å²) in [6.07, 6.45) is 0. The second-order valence-electron chi connectivity index (χ2n) is 5.05. The Bertz CT molecular complexity index is 658. The lowest BCUT2D eigenvalue weighted by Crippen LogP contribution is -2.11. The lowest BCUT2D eigenvalue weighted by molar-refractivity contribution is 0.744. The molecule has 0 aliphatic heterocycles. The number of hydrogen-bond donors (Lipinski definition) is 1. The maximum atomic E-state index is 6.13. The van der Waals surface area contributed by atoms with Crippen LogP contribution in [0.4, 0.5) is 0 Å². The first kappa shape index (κ1) is 15.9. The molecule has 0 radical (unpaired) electrons. The van der Waals surface area contributed by atoms with Gasteiger partial charge in [-0.15, -0.1) is 0 Å². The average Bonchev–Trinajstić information content (AvgIpc) is 2.44. The van der Waals surface area contributed by atoms with E-state index in [0.717, 1.165) is 16.8 Å². The van der Waals surface area contributed by atoms with Crippen LogP contribution in [-0.4, -0.2) is 5.71 Å². The molecular weight excluding hydrogens is 303 g/mol. The second kappa shape index (κ2) is 6.97. The van der Waals surface area contributed by atoms with E-state index in [-0.39, 0.29) is 0 Å². The Hall–Kier alpha value is -1.51. The topological polar surface area (TPSA) is 24.4 Å². The highest BCUT2D eigenvalue weighted by molar-refractivity contribution is 6.35. The lowest BCUT2D eigenvalue weighted by atomic mass is 10.0. The number of benzene rings is 2. The number of aryl methyl sites for hydroxylation is 2. The SMILES string of the molecule is C/C(=N/NCc1c(Cl)cccc1Cl)c1cc(C)ccc1C. The van der Waals surface area contributed by atoms with Crippen molar-refractivity contribution in [2.75, 3.05) is 0 Å². The normalized spacial score (nSPS) is 11.6. The summed E-state index contributed by atoms with van der Waals surface area (Å²) in [4.78, 5) is 0. The summed E-state index contributed by atoms with van der Waals surface area (Å²) in [5.74, 6) is 0. The van der Waals surface area contributed by atoms with Crippen LogP contribution in [0.25, 0.3) is 0 Å². The summed E-state index contributed by atoms with van der Waals surface area (Å²) >= 11 is 12.3. The summed E-state index contributed by atoms with van der Waals surface area (Å²) in [5, 5.41) is 5.72. The molecule has 2 aromatic carbocycles. The minimum absolute atomic E-state index is 0.501. The van der Waals surface area contributed by atoms with Crippen LogP contribution in [-0.2, 0) is 6.54 Å². The molecule has 0 atom stereocenters. The molecule has 0 saturated carbocycles. The zero-order valence-corrected chi connectivity index (χ0v) is 13.9. The van der Waals surface area contributed by atoms with E-state index in [1.54, 1.807) is 0 Å². The van der Waals surface area contributed by atoms with Crippen LogP contribution in [0.15, 0.2) is 41.5 Å². The van der Waals surface area contributed by atoms with Crippen LogP contribution in [0.5, 0.6) is 0 Å². The fourth-order valence-corrected chi connectivity index (χ4v) is 2.66. The number of halogens is 2. The maximum Gasteiger partial charge on any atom is 0.0647 e. The van der Waals surface area contributed by atoms with E-state index in [2.05, 4.69) is 42.6 Å². The smallest absolute Gasteiger partial charge is 0.0647 e. The van der Waals surface area contributed by atoms with Gasteiger partial charge in [0.25, 0.3) is 0 Å². The molecule has 2 rings (SSSR count). The predicted octanol–water partition coefficient (Wildman–Crippen LogP) is 5.12. The molecule has 2 aromatic rings. The van der Waals surface area contributed by atoms with Crippen LogP contribution in [0.1, 0.15) is 29.2 Å². The van der Waals surface area contributed by atoms with Gasteiger partial charge in [0.05, 0.1) is 12.3 Å². The van der Waals surface area contributed by atoms with E-state index < -0.39 is 0 Å². The highest BCUT2D eigenvalue weighted by atomic mass is 35.5. The Morgan fingerprint density at radius 3 is 2.43 bits per heavy atom. The monoisotopic (exact) mass is 320 g/mol. The van der Waals surface area contributed by atoms with Crippen LogP contribution < -0.4 is 5.43 Å². The first-order valence-electron chi connectivity index (χ1n) is 6.76. The molecule has 1 N–H and O–H groups in total. The van der Waals surface area contributed by atoms with Crippen molar-refractivity contribution in [2.24, 2.45) is 5.10 Å². The Labute approximate surface area is 135 Å². The van der Waals surface area contributed by atoms with Crippen molar-refractivity contribution in [3.63, 3.8) is 0 Å². The molecule has 0 aliphatic rings. The molecule has 0 saturated heterocycles. The Morgan fingerprint density at radius 2 is 1.76 bits per heavy atom. The van der Waals surface area contributed by atoms with Gasteiger partial charge < -0.3 is 5.43 Å². The Kier molecular flexibility index (Phi) is 5.27. The number of rotatable bonds is 4. The third kappa shape index (κ3) is 3.99. The van der Waals surface area contributed by atoms with Gasteiger partial charge in [-0.2, -0.15) is 5.10 Å². The summed E-state index contributed by atoms with van der Waals surface area (Å²) in [7, 11) is 0. The molecule has 0 bridgehead atoms. The van der Waals surface area contributed by atoms with E-state index in [9.17, 15) is 0 Å². The van der Waals surface area contributed by atoms with Gasteiger partial charge in [0.2, 0.25) is 0 Å². The predicted molar refractivity (Wildman–Crippen MR) is 91.4 cm³/mol. The van der Waals surface area contributed by atoms with Crippen LogP contribution in [0.3, 0.4) is 0 Å². The number of hydrogen-bond acceptors (Lipinski definition) is 2. The first-order valence-corrected chi connectivity index (χ1v) is 7.52. The third-order valence-electron chi connectivity index (χ3n) is 3.35. The lowest BCUT2D eigenvalue weighted by Gasteiger charge is -2.09. The molecular formula is C17H18Cl2N2. The van der Waals surface area contributed by atoms with Gasteiger partial charge in [-0.1, -0.05) is 47.0 Å². The van der Waals surface area contributed by atoms with Crippen LogP contribution in [0, 0.1) is 13.8 Å². The number of hydrazone groups is 1. The molecule has 110 valence electrons. The van der Waals surface area contributed by atoms with Gasteiger partial charge in [-0.05, 0) is 44.5 Å². The standard InChI is InChI=1S/C17H18Cl2N2/c1-11-7-8-12(2)14(9-11)13(3)21-20-10-15-16(18)5-4-6-17(15)19/h4-9,20H,10H2,1-3H3/b21-13-. The first-order chi connectivity index (χ1) is 9.99. The van der Waals surface area contributed by atoms with Crippen molar-refractivity contribution >= 4 is 28.9 Å². The van der Waals surface area contributed by atoms with E-state index >= 15 is 0 Å². The van der Waals surface area contributed by atoms with Gasteiger partial charge in [0, 0.05) is 21.2 Å². The summed E-state index contributed by atoms with van der Waals surface area (Å²) in [5.41, 5.74) is 8.43. The molecule has 0 fully saturated rings. The van der Waals surface area contributed by atoms with Crippen LogP contribution in [0.2, 0.25) is 10.0 Å². The van der Waals surface area contributed by atoms with Crippen molar-refractivity contribution in [3.8, 4) is 0 Å². The summed E-state index contributed by atoms with van der Waals surface area (Å²) < 4.78 is 0. The summed E-state index contributed by atoms with van der Waals surface area (Å²) in [6, 6.07) is 11.8. The molecule has 0 unspecified atom stereocenters. The van der Waals surface area contributed by atoms with E-state index in [1.807, 2.05) is 25.1 Å². The van der Waals surface area contributed by atoms with Gasteiger partial charge in [-0.25, -0.2) is 0 Å². The minimum atomic E-state index is 0.501.